The van der Waals surface area contributed by atoms with Crippen LogP contribution < -0.4 is 11.1 Å². The van der Waals surface area contributed by atoms with Crippen LogP contribution in [-0.2, 0) is 16.0 Å². The Labute approximate surface area is 112 Å². The normalized spacial score (nSPS) is 13.6. The van der Waals surface area contributed by atoms with Crippen molar-refractivity contribution in [1.29, 1.82) is 0 Å². The molecule has 0 aliphatic rings. The summed E-state index contributed by atoms with van der Waals surface area (Å²) in [5.74, 6) is -1.05. The number of benzene rings is 1. The molecule has 0 aliphatic heterocycles. The van der Waals surface area contributed by atoms with Crippen molar-refractivity contribution in [2.24, 2.45) is 11.1 Å². The van der Waals surface area contributed by atoms with Crippen molar-refractivity contribution in [3.63, 3.8) is 0 Å². The first-order valence-corrected chi connectivity index (χ1v) is 6.23. The summed E-state index contributed by atoms with van der Waals surface area (Å²) in [4.78, 5) is 22.8. The number of hydrogen-bond acceptors (Lipinski definition) is 3. The van der Waals surface area contributed by atoms with Crippen LogP contribution >= 0.6 is 0 Å². The van der Waals surface area contributed by atoms with Crippen LogP contribution in [0.3, 0.4) is 0 Å². The first-order valence-electron chi connectivity index (χ1n) is 6.23. The Bertz CT molecular complexity index is 468. The first-order chi connectivity index (χ1) is 8.91. The van der Waals surface area contributed by atoms with Crippen molar-refractivity contribution < 1.29 is 14.7 Å². The van der Waals surface area contributed by atoms with Crippen molar-refractivity contribution in [2.45, 2.75) is 26.7 Å². The predicted molar refractivity (Wildman–Crippen MR) is 73.9 cm³/mol. The van der Waals surface area contributed by atoms with Gasteiger partial charge in [-0.3, -0.25) is 9.59 Å². The second kappa shape index (κ2) is 6.33. The summed E-state index contributed by atoms with van der Waals surface area (Å²) in [5, 5.41) is 11.5. The fourth-order valence-electron chi connectivity index (χ4n) is 1.61. The Morgan fingerprint density at radius 3 is 2.63 bits per heavy atom. The summed E-state index contributed by atoms with van der Waals surface area (Å²) in [6, 6.07) is 6.83. The van der Waals surface area contributed by atoms with Gasteiger partial charge in [0.05, 0.1) is 11.8 Å². The van der Waals surface area contributed by atoms with E-state index in [-0.39, 0.29) is 18.9 Å². The van der Waals surface area contributed by atoms with Crippen molar-refractivity contribution in [1.82, 2.24) is 0 Å². The maximum atomic E-state index is 12.1. The lowest BCUT2D eigenvalue weighted by Crippen LogP contribution is -2.39. The molecule has 0 aromatic heterocycles. The second-order valence-corrected chi connectivity index (χ2v) is 4.84. The third-order valence-corrected chi connectivity index (χ3v) is 3.32. The number of hydrogen-bond donors (Lipinski definition) is 3. The zero-order valence-electron chi connectivity index (χ0n) is 11.3. The average molecular weight is 264 g/mol. The highest BCUT2D eigenvalue weighted by Crippen LogP contribution is 2.22. The highest BCUT2D eigenvalue weighted by Gasteiger charge is 2.29. The van der Waals surface area contributed by atoms with E-state index in [4.69, 9.17) is 10.8 Å². The van der Waals surface area contributed by atoms with Gasteiger partial charge in [-0.2, -0.15) is 0 Å². The van der Waals surface area contributed by atoms with Crippen LogP contribution in [0.15, 0.2) is 24.3 Å². The Morgan fingerprint density at radius 1 is 1.42 bits per heavy atom. The average Bonchev–Trinajstić information content (AvgIpc) is 2.37. The summed E-state index contributed by atoms with van der Waals surface area (Å²) in [6.07, 6.45) is 0.579. The number of carboxylic acid groups (broad SMARTS) is 1. The fraction of sp³-hybridized carbons (Fsp3) is 0.429. The quantitative estimate of drug-likeness (QED) is 0.728. The van der Waals surface area contributed by atoms with Gasteiger partial charge in [0.2, 0.25) is 5.91 Å². The van der Waals surface area contributed by atoms with E-state index in [2.05, 4.69) is 5.32 Å². The molecule has 5 nitrogen and oxygen atoms in total. The Balaban J connectivity index is 2.82. The van der Waals surface area contributed by atoms with Gasteiger partial charge in [-0.1, -0.05) is 19.1 Å². The van der Waals surface area contributed by atoms with Crippen LogP contribution in [0.25, 0.3) is 0 Å². The van der Waals surface area contributed by atoms with Crippen molar-refractivity contribution in [3.8, 4) is 0 Å². The van der Waals surface area contributed by atoms with Crippen LogP contribution in [0.2, 0.25) is 0 Å². The molecular formula is C14H20N2O3. The molecule has 0 aliphatic carbocycles. The molecule has 1 aromatic rings. The number of aliphatic carboxylic acids is 1. The fourth-order valence-corrected chi connectivity index (χ4v) is 1.61. The number of anilines is 1. The van der Waals surface area contributed by atoms with Gasteiger partial charge in [0.1, 0.15) is 0 Å². The number of nitrogens with one attached hydrogen (secondary N) is 1. The molecule has 0 heterocycles. The molecule has 0 fully saturated rings. The number of nitrogens with two attached hydrogens (primary N) is 1. The van der Waals surface area contributed by atoms with Crippen molar-refractivity contribution in [3.05, 3.63) is 29.8 Å². The summed E-state index contributed by atoms with van der Waals surface area (Å²) in [7, 11) is 0. The molecule has 0 saturated heterocycles. The summed E-state index contributed by atoms with van der Waals surface area (Å²) in [6.45, 7) is 3.99. The first kappa shape index (κ1) is 15.2. The molecule has 0 radical (unpaired) electrons. The topological polar surface area (TPSA) is 92.4 Å². The highest BCUT2D eigenvalue weighted by atomic mass is 16.4. The maximum absolute atomic E-state index is 12.1. The third-order valence-electron chi connectivity index (χ3n) is 3.32. The van der Waals surface area contributed by atoms with Crippen LogP contribution in [0, 0.1) is 5.41 Å². The minimum Gasteiger partial charge on any atom is -0.481 e. The van der Waals surface area contributed by atoms with Gasteiger partial charge < -0.3 is 16.2 Å². The van der Waals surface area contributed by atoms with Crippen molar-refractivity contribution >= 4 is 17.6 Å². The van der Waals surface area contributed by atoms with E-state index >= 15 is 0 Å². The van der Waals surface area contributed by atoms with Gasteiger partial charge in [-0.25, -0.2) is 0 Å². The van der Waals surface area contributed by atoms with Gasteiger partial charge in [0.15, 0.2) is 0 Å². The van der Waals surface area contributed by atoms with Gasteiger partial charge in [-0.05, 0) is 31.0 Å². The molecule has 1 atom stereocenters. The van der Waals surface area contributed by atoms with E-state index in [0.29, 0.717) is 17.7 Å². The molecule has 0 spiro atoms. The SMILES string of the molecule is CCC(C)(CN)C(=O)Nc1cccc(CC(=O)O)c1. The van der Waals surface area contributed by atoms with Gasteiger partial charge in [-0.15, -0.1) is 0 Å². The molecule has 19 heavy (non-hydrogen) atoms. The summed E-state index contributed by atoms with van der Waals surface area (Å²) < 4.78 is 0. The van der Waals surface area contributed by atoms with Gasteiger partial charge in [0, 0.05) is 12.2 Å². The van der Waals surface area contributed by atoms with Crippen LogP contribution in [0.4, 0.5) is 5.69 Å². The lowest BCUT2D eigenvalue weighted by Gasteiger charge is -2.25. The molecule has 1 amide bonds. The number of carboxylic acids is 1. The smallest absolute Gasteiger partial charge is 0.307 e. The number of amides is 1. The Hall–Kier alpha value is -1.88. The monoisotopic (exact) mass is 264 g/mol. The van der Waals surface area contributed by atoms with Crippen LogP contribution in [0.1, 0.15) is 25.8 Å². The molecule has 0 saturated carbocycles. The summed E-state index contributed by atoms with van der Waals surface area (Å²) in [5.41, 5.74) is 6.26. The van der Waals surface area contributed by atoms with E-state index in [1.54, 1.807) is 24.3 Å². The van der Waals surface area contributed by atoms with Gasteiger partial charge >= 0.3 is 5.97 Å². The molecule has 1 rings (SSSR count). The van der Waals surface area contributed by atoms with E-state index in [0.717, 1.165) is 0 Å². The van der Waals surface area contributed by atoms with Crippen LogP contribution in [-0.4, -0.2) is 23.5 Å². The zero-order valence-corrected chi connectivity index (χ0v) is 11.3. The number of rotatable bonds is 6. The minimum atomic E-state index is -0.899. The zero-order chi connectivity index (χ0) is 14.5. The molecule has 4 N–H and O–H groups in total. The van der Waals surface area contributed by atoms with E-state index in [1.807, 2.05) is 13.8 Å². The van der Waals surface area contributed by atoms with E-state index in [9.17, 15) is 9.59 Å². The molecule has 5 heteroatoms. The second-order valence-electron chi connectivity index (χ2n) is 4.84. The molecule has 1 aromatic carbocycles. The number of carbonyl (C=O) groups excluding carboxylic acids is 1. The maximum Gasteiger partial charge on any atom is 0.307 e. The molecule has 0 bridgehead atoms. The van der Waals surface area contributed by atoms with Gasteiger partial charge in [0.25, 0.3) is 0 Å². The van der Waals surface area contributed by atoms with Crippen LogP contribution in [0.5, 0.6) is 0 Å². The van der Waals surface area contributed by atoms with Crippen molar-refractivity contribution in [2.75, 3.05) is 11.9 Å². The largest absolute Gasteiger partial charge is 0.481 e. The molecule has 1 unspecified atom stereocenters. The third kappa shape index (κ3) is 4.06. The minimum absolute atomic E-state index is 0.0638. The lowest BCUT2D eigenvalue weighted by molar-refractivity contribution is -0.136. The molecular weight excluding hydrogens is 244 g/mol. The predicted octanol–water partition coefficient (Wildman–Crippen LogP) is 1.63. The standard InChI is InChI=1S/C14H20N2O3/c1-3-14(2,9-15)13(19)16-11-6-4-5-10(7-11)8-12(17)18/h4-7H,3,8-9,15H2,1-2H3,(H,16,19)(H,17,18). The Kier molecular flexibility index (Phi) is 5.06. The Morgan fingerprint density at radius 2 is 2.11 bits per heavy atom. The van der Waals surface area contributed by atoms with E-state index in [1.165, 1.54) is 0 Å². The lowest BCUT2D eigenvalue weighted by atomic mass is 9.86. The molecule has 104 valence electrons. The van der Waals surface area contributed by atoms with E-state index < -0.39 is 11.4 Å². The summed E-state index contributed by atoms with van der Waals surface area (Å²) >= 11 is 0. The number of carbonyl (C=O) groups is 2. The highest BCUT2D eigenvalue weighted by molar-refractivity contribution is 5.95.